The van der Waals surface area contributed by atoms with Crippen LogP contribution in [0.25, 0.3) is 0 Å². The van der Waals surface area contributed by atoms with Crippen LogP contribution in [0.3, 0.4) is 0 Å². The average molecular weight is 310 g/mol. The molecule has 0 spiro atoms. The van der Waals surface area contributed by atoms with Gasteiger partial charge in [0.2, 0.25) is 0 Å². The van der Waals surface area contributed by atoms with Crippen molar-refractivity contribution < 1.29 is 14.3 Å². The number of halogens is 1. The molecule has 0 heterocycles. The minimum atomic E-state index is -0.842. The lowest BCUT2D eigenvalue weighted by Gasteiger charge is -2.08. The average Bonchev–Trinajstić information content (AvgIpc) is 2.52. The number of nitriles is 1. The summed E-state index contributed by atoms with van der Waals surface area (Å²) in [5.74, 6) is -1.81. The van der Waals surface area contributed by atoms with Gasteiger partial charge in [-0.15, -0.1) is 0 Å². The number of rotatable bonds is 4. The third-order valence-corrected chi connectivity index (χ3v) is 3.21. The smallest absolute Gasteiger partial charge is 0.269 e. The molecule has 0 aliphatic rings. The fourth-order valence-corrected chi connectivity index (χ4v) is 2.04. The van der Waals surface area contributed by atoms with Crippen molar-refractivity contribution in [1.82, 2.24) is 0 Å². The molecule has 0 radical (unpaired) electrons. The summed E-state index contributed by atoms with van der Waals surface area (Å²) in [5, 5.41) is 21.5. The lowest BCUT2D eigenvalue weighted by atomic mass is 10.1. The van der Waals surface area contributed by atoms with Crippen molar-refractivity contribution in [2.75, 3.05) is 5.32 Å². The van der Waals surface area contributed by atoms with Gasteiger partial charge in [0, 0.05) is 6.42 Å². The molecule has 0 unspecified atom stereocenters. The first-order chi connectivity index (χ1) is 11.0. The molecular weight excluding hydrogens is 295 g/mol. The second-order valence-corrected chi connectivity index (χ2v) is 5.03. The first-order valence-electron chi connectivity index (χ1n) is 6.95. The number of nitrogens with zero attached hydrogens (tertiary/aromatic N) is 1. The van der Waals surface area contributed by atoms with E-state index in [9.17, 15) is 14.3 Å². The number of nitrogens with one attached hydrogen (secondary N) is 1. The monoisotopic (exact) mass is 310 g/mol. The van der Waals surface area contributed by atoms with Crippen LogP contribution in [0, 0.1) is 24.1 Å². The zero-order chi connectivity index (χ0) is 16.8. The number of aliphatic hydroxyl groups excluding tert-OH is 1. The number of hydrogen-bond donors (Lipinski definition) is 2. The molecular formula is C18H15FN2O2. The lowest BCUT2D eigenvalue weighted by Crippen LogP contribution is -2.17. The molecule has 0 bridgehead atoms. The second kappa shape index (κ2) is 7.23. The van der Waals surface area contributed by atoms with Crippen molar-refractivity contribution in [1.29, 1.82) is 5.26 Å². The Morgan fingerprint density at radius 3 is 2.61 bits per heavy atom. The topological polar surface area (TPSA) is 73.1 Å². The van der Waals surface area contributed by atoms with Crippen molar-refractivity contribution >= 4 is 11.6 Å². The third-order valence-electron chi connectivity index (χ3n) is 3.21. The van der Waals surface area contributed by atoms with Crippen LogP contribution in [0.5, 0.6) is 0 Å². The Bertz CT molecular complexity index is 792. The largest absolute Gasteiger partial charge is 0.510 e. The van der Waals surface area contributed by atoms with E-state index in [0.717, 1.165) is 11.1 Å². The van der Waals surface area contributed by atoms with Gasteiger partial charge in [-0.1, -0.05) is 36.4 Å². The summed E-state index contributed by atoms with van der Waals surface area (Å²) in [5.41, 5.74) is 1.05. The minimum Gasteiger partial charge on any atom is -0.510 e. The highest BCUT2D eigenvalue weighted by atomic mass is 19.1. The summed E-state index contributed by atoms with van der Waals surface area (Å²) in [6, 6.07) is 14.9. The summed E-state index contributed by atoms with van der Waals surface area (Å²) in [6.45, 7) is 1.75. The molecule has 0 saturated heterocycles. The van der Waals surface area contributed by atoms with Gasteiger partial charge in [0.15, 0.2) is 5.57 Å². The number of benzene rings is 2. The van der Waals surface area contributed by atoms with E-state index in [4.69, 9.17) is 5.26 Å². The van der Waals surface area contributed by atoms with E-state index in [1.165, 1.54) is 12.1 Å². The second-order valence-electron chi connectivity index (χ2n) is 5.03. The van der Waals surface area contributed by atoms with E-state index in [-0.39, 0.29) is 17.9 Å². The third kappa shape index (κ3) is 4.17. The van der Waals surface area contributed by atoms with Crippen molar-refractivity contribution in [3.63, 3.8) is 0 Å². The van der Waals surface area contributed by atoms with Gasteiger partial charge in [0.25, 0.3) is 5.91 Å². The van der Waals surface area contributed by atoms with Crippen molar-refractivity contribution in [3.05, 3.63) is 76.8 Å². The molecule has 2 rings (SSSR count). The zero-order valence-electron chi connectivity index (χ0n) is 12.5. The Labute approximate surface area is 133 Å². The van der Waals surface area contributed by atoms with Crippen LogP contribution in [0.4, 0.5) is 10.1 Å². The van der Waals surface area contributed by atoms with Crippen LogP contribution in [0.2, 0.25) is 0 Å². The van der Waals surface area contributed by atoms with Crippen LogP contribution in [-0.4, -0.2) is 11.0 Å². The Kier molecular flexibility index (Phi) is 5.11. The van der Waals surface area contributed by atoms with E-state index in [1.807, 2.05) is 6.07 Å². The normalized spacial score (nSPS) is 11.3. The van der Waals surface area contributed by atoms with Crippen LogP contribution in [0.15, 0.2) is 59.9 Å². The van der Waals surface area contributed by atoms with E-state index in [2.05, 4.69) is 5.32 Å². The highest BCUT2D eigenvalue weighted by Gasteiger charge is 2.17. The molecule has 1 amide bonds. The van der Waals surface area contributed by atoms with Crippen LogP contribution in [0.1, 0.15) is 11.1 Å². The molecule has 5 heteroatoms. The lowest BCUT2D eigenvalue weighted by molar-refractivity contribution is -0.112. The first kappa shape index (κ1) is 16.2. The number of amides is 1. The number of aliphatic hydroxyl groups is 1. The first-order valence-corrected chi connectivity index (χ1v) is 6.95. The van der Waals surface area contributed by atoms with Gasteiger partial charge in [-0.25, -0.2) is 4.39 Å². The Morgan fingerprint density at radius 1 is 1.26 bits per heavy atom. The van der Waals surface area contributed by atoms with Crippen molar-refractivity contribution in [3.8, 4) is 6.07 Å². The number of aryl methyl sites for hydroxylation is 1. The minimum absolute atomic E-state index is 0.0322. The zero-order valence-corrected chi connectivity index (χ0v) is 12.5. The molecule has 4 nitrogen and oxygen atoms in total. The highest BCUT2D eigenvalue weighted by molar-refractivity contribution is 6.07. The number of anilines is 1. The number of hydrogen-bond acceptors (Lipinski definition) is 3. The molecule has 0 atom stereocenters. The number of allylic oxidation sites excluding steroid dienone is 1. The molecule has 0 fully saturated rings. The SMILES string of the molecule is Cc1ccc(F)c(NC(=O)/C(C#N)=C(\O)Cc2ccccc2)c1. The predicted molar refractivity (Wildman–Crippen MR) is 85.2 cm³/mol. The fourth-order valence-electron chi connectivity index (χ4n) is 2.04. The Balaban J connectivity index is 2.22. The summed E-state index contributed by atoms with van der Waals surface area (Å²) in [6.07, 6.45) is 0.0491. The van der Waals surface area contributed by atoms with Crippen LogP contribution < -0.4 is 5.32 Å². The summed E-state index contributed by atoms with van der Waals surface area (Å²) in [7, 11) is 0. The molecule has 2 N–H and O–H groups in total. The summed E-state index contributed by atoms with van der Waals surface area (Å²) < 4.78 is 13.7. The van der Waals surface area contributed by atoms with Crippen LogP contribution in [-0.2, 0) is 11.2 Å². The fraction of sp³-hybridized carbons (Fsp3) is 0.111. The van der Waals surface area contributed by atoms with Crippen molar-refractivity contribution in [2.24, 2.45) is 0 Å². The van der Waals surface area contributed by atoms with E-state index < -0.39 is 17.3 Å². The standard InChI is InChI=1S/C18H15FN2O2/c1-12-7-8-15(19)16(9-12)21-18(23)14(11-20)17(22)10-13-5-3-2-4-6-13/h2-9,22H,10H2,1H3,(H,21,23)/b17-14-. The van der Waals surface area contributed by atoms with Gasteiger partial charge < -0.3 is 10.4 Å². The maximum absolute atomic E-state index is 13.7. The van der Waals surface area contributed by atoms with Gasteiger partial charge in [0.05, 0.1) is 5.69 Å². The molecule has 23 heavy (non-hydrogen) atoms. The van der Waals surface area contributed by atoms with Gasteiger partial charge in [0.1, 0.15) is 17.6 Å². The summed E-state index contributed by atoms with van der Waals surface area (Å²) in [4.78, 5) is 12.1. The molecule has 0 aliphatic carbocycles. The number of carbonyl (C=O) groups is 1. The van der Waals surface area contributed by atoms with Gasteiger partial charge in [-0.05, 0) is 30.2 Å². The van der Waals surface area contributed by atoms with Gasteiger partial charge in [-0.3, -0.25) is 4.79 Å². The molecule has 2 aromatic carbocycles. The molecule has 0 saturated carbocycles. The van der Waals surface area contributed by atoms with Crippen molar-refractivity contribution in [2.45, 2.75) is 13.3 Å². The highest BCUT2D eigenvalue weighted by Crippen LogP contribution is 2.17. The molecule has 2 aromatic rings. The van der Waals surface area contributed by atoms with E-state index >= 15 is 0 Å². The Hall–Kier alpha value is -3.13. The van der Waals surface area contributed by atoms with Gasteiger partial charge >= 0.3 is 0 Å². The van der Waals surface area contributed by atoms with Crippen LogP contribution >= 0.6 is 0 Å². The quantitative estimate of drug-likeness (QED) is 0.514. The van der Waals surface area contributed by atoms with E-state index in [0.29, 0.717) is 0 Å². The summed E-state index contributed by atoms with van der Waals surface area (Å²) >= 11 is 0. The van der Waals surface area contributed by atoms with Gasteiger partial charge in [-0.2, -0.15) is 5.26 Å². The predicted octanol–water partition coefficient (Wildman–Crippen LogP) is 3.65. The maximum Gasteiger partial charge on any atom is 0.269 e. The number of carbonyl (C=O) groups excluding carboxylic acids is 1. The molecule has 116 valence electrons. The molecule has 0 aliphatic heterocycles. The maximum atomic E-state index is 13.7. The molecule has 0 aromatic heterocycles. The van der Waals surface area contributed by atoms with E-state index in [1.54, 1.807) is 43.3 Å². The Morgan fingerprint density at radius 2 is 1.96 bits per heavy atom.